The van der Waals surface area contributed by atoms with E-state index in [0.29, 0.717) is 23.3 Å². The normalized spacial score (nSPS) is 14.2. The van der Waals surface area contributed by atoms with Crippen molar-refractivity contribution in [1.82, 2.24) is 4.57 Å². The maximum absolute atomic E-state index is 13.4. The standard InChI is InChI=1S/C29H30N4O3/c1-20-3-5-22(6-4-20)19-32-27-12-11-26(33(35)36)17-23(27)18-28(32)29(34)30-24-7-9-25(10-8-24)31-15-13-21(2)14-16-31/h3-12,17-18,21H,13-16,19H2,1-2H3,(H,30,34). The fraction of sp³-hybridized carbons (Fsp3) is 0.276. The van der Waals surface area contributed by atoms with Crippen LogP contribution in [-0.2, 0) is 6.54 Å². The van der Waals surface area contributed by atoms with Crippen LogP contribution in [0.4, 0.5) is 17.1 Å². The SMILES string of the molecule is Cc1ccc(Cn2c(C(=O)Nc3ccc(N4CCC(C)CC4)cc3)cc3cc([N+](=O)[O-])ccc32)cc1. The van der Waals surface area contributed by atoms with Crippen LogP contribution in [0.5, 0.6) is 0 Å². The van der Waals surface area contributed by atoms with Gasteiger partial charge in [0.15, 0.2) is 0 Å². The lowest BCUT2D eigenvalue weighted by molar-refractivity contribution is -0.384. The zero-order chi connectivity index (χ0) is 25.2. The number of amides is 1. The first kappa shape index (κ1) is 23.6. The highest BCUT2D eigenvalue weighted by molar-refractivity contribution is 6.06. The molecule has 0 atom stereocenters. The molecule has 1 aromatic heterocycles. The predicted molar refractivity (Wildman–Crippen MR) is 144 cm³/mol. The number of rotatable bonds is 6. The van der Waals surface area contributed by atoms with Crippen LogP contribution in [0.2, 0.25) is 0 Å². The van der Waals surface area contributed by atoms with Crippen molar-refractivity contribution in [2.45, 2.75) is 33.2 Å². The predicted octanol–water partition coefficient (Wildman–Crippen LogP) is 6.39. The van der Waals surface area contributed by atoms with E-state index in [1.54, 1.807) is 12.1 Å². The Hall–Kier alpha value is -4.13. The van der Waals surface area contributed by atoms with Crippen molar-refractivity contribution in [3.63, 3.8) is 0 Å². The van der Waals surface area contributed by atoms with E-state index in [1.165, 1.54) is 30.7 Å². The number of nitro groups is 1. The number of nitrogens with zero attached hydrogens (tertiary/aromatic N) is 3. The van der Waals surface area contributed by atoms with E-state index < -0.39 is 4.92 Å². The number of nitrogens with one attached hydrogen (secondary N) is 1. The van der Waals surface area contributed by atoms with Gasteiger partial charge in [0.1, 0.15) is 5.69 Å². The van der Waals surface area contributed by atoms with Gasteiger partial charge in [-0.3, -0.25) is 14.9 Å². The van der Waals surface area contributed by atoms with Crippen molar-refractivity contribution in [2.75, 3.05) is 23.3 Å². The zero-order valence-corrected chi connectivity index (χ0v) is 20.6. The molecule has 1 fully saturated rings. The quantitative estimate of drug-likeness (QED) is 0.255. The van der Waals surface area contributed by atoms with E-state index in [0.717, 1.165) is 35.7 Å². The molecule has 1 saturated heterocycles. The Morgan fingerprint density at radius 2 is 1.69 bits per heavy atom. The molecule has 36 heavy (non-hydrogen) atoms. The summed E-state index contributed by atoms with van der Waals surface area (Å²) in [6.07, 6.45) is 2.39. The molecule has 0 radical (unpaired) electrons. The van der Waals surface area contributed by atoms with Crippen LogP contribution in [-0.4, -0.2) is 28.5 Å². The second-order valence-corrected chi connectivity index (χ2v) is 9.77. The minimum absolute atomic E-state index is 0.00430. The molecular weight excluding hydrogens is 452 g/mol. The van der Waals surface area contributed by atoms with Crippen molar-refractivity contribution in [3.8, 4) is 0 Å². The van der Waals surface area contributed by atoms with Crippen LogP contribution in [0.25, 0.3) is 10.9 Å². The minimum atomic E-state index is -0.416. The van der Waals surface area contributed by atoms with Gasteiger partial charge in [-0.25, -0.2) is 0 Å². The molecule has 7 heteroatoms. The summed E-state index contributed by atoms with van der Waals surface area (Å²) >= 11 is 0. The van der Waals surface area contributed by atoms with Crippen molar-refractivity contribution in [1.29, 1.82) is 0 Å². The largest absolute Gasteiger partial charge is 0.372 e. The summed E-state index contributed by atoms with van der Waals surface area (Å²) in [5.74, 6) is 0.522. The van der Waals surface area contributed by atoms with Crippen LogP contribution in [0.3, 0.4) is 0 Å². The summed E-state index contributed by atoms with van der Waals surface area (Å²) in [7, 11) is 0. The van der Waals surface area contributed by atoms with Gasteiger partial charge in [0.25, 0.3) is 11.6 Å². The molecule has 7 nitrogen and oxygen atoms in total. The molecule has 2 heterocycles. The number of non-ortho nitro benzene ring substituents is 1. The second kappa shape index (κ2) is 9.85. The molecule has 0 spiro atoms. The molecule has 1 aliphatic rings. The minimum Gasteiger partial charge on any atom is -0.372 e. The van der Waals surface area contributed by atoms with Crippen LogP contribution in [0.1, 0.15) is 41.4 Å². The number of carbonyl (C=O) groups is 1. The van der Waals surface area contributed by atoms with Crippen LogP contribution in [0, 0.1) is 23.0 Å². The maximum atomic E-state index is 13.4. The highest BCUT2D eigenvalue weighted by Crippen LogP contribution is 2.28. The molecule has 0 saturated carbocycles. The number of hydrogen-bond donors (Lipinski definition) is 1. The molecular formula is C29H30N4O3. The smallest absolute Gasteiger partial charge is 0.272 e. The first-order chi connectivity index (χ1) is 17.4. The van der Waals surface area contributed by atoms with Crippen molar-refractivity contribution < 1.29 is 9.72 Å². The lowest BCUT2D eigenvalue weighted by atomic mass is 9.99. The van der Waals surface area contributed by atoms with Crippen LogP contribution >= 0.6 is 0 Å². The van der Waals surface area contributed by atoms with E-state index >= 15 is 0 Å². The van der Waals surface area contributed by atoms with Crippen molar-refractivity contribution >= 4 is 33.9 Å². The van der Waals surface area contributed by atoms with Crippen molar-refractivity contribution in [2.24, 2.45) is 5.92 Å². The summed E-state index contributed by atoms with van der Waals surface area (Å²) in [6.45, 7) is 6.92. The number of hydrogen-bond acceptors (Lipinski definition) is 4. The number of anilines is 2. The first-order valence-corrected chi connectivity index (χ1v) is 12.4. The van der Waals surface area contributed by atoms with Crippen LogP contribution in [0.15, 0.2) is 72.8 Å². The molecule has 1 N–H and O–H groups in total. The molecule has 1 aliphatic heterocycles. The molecule has 0 aliphatic carbocycles. The van der Waals surface area contributed by atoms with Gasteiger partial charge in [-0.05, 0) is 67.6 Å². The monoisotopic (exact) mass is 482 g/mol. The topological polar surface area (TPSA) is 80.4 Å². The summed E-state index contributed by atoms with van der Waals surface area (Å²) in [5, 5.41) is 15.0. The van der Waals surface area contributed by atoms with Gasteiger partial charge in [0.05, 0.1) is 4.92 Å². The molecule has 1 amide bonds. The average molecular weight is 483 g/mol. The molecule has 3 aromatic carbocycles. The van der Waals surface area contributed by atoms with E-state index in [9.17, 15) is 14.9 Å². The number of aromatic nitrogens is 1. The van der Waals surface area contributed by atoms with E-state index in [4.69, 9.17) is 0 Å². The maximum Gasteiger partial charge on any atom is 0.272 e. The second-order valence-electron chi connectivity index (χ2n) is 9.77. The molecule has 4 aromatic rings. The third-order valence-electron chi connectivity index (χ3n) is 7.06. The van der Waals surface area contributed by atoms with Crippen molar-refractivity contribution in [3.05, 3.63) is 99.7 Å². The van der Waals surface area contributed by atoms with Gasteiger partial charge in [0.2, 0.25) is 0 Å². The summed E-state index contributed by atoms with van der Waals surface area (Å²) in [5.41, 5.74) is 5.33. The van der Waals surface area contributed by atoms with Gasteiger partial charge in [0, 0.05) is 54.0 Å². The molecule has 0 bridgehead atoms. The highest BCUT2D eigenvalue weighted by Gasteiger charge is 2.19. The van der Waals surface area contributed by atoms with E-state index in [-0.39, 0.29) is 11.6 Å². The van der Waals surface area contributed by atoms with E-state index in [1.807, 2.05) is 47.9 Å². The molecule has 184 valence electrons. The molecule has 5 rings (SSSR count). The zero-order valence-electron chi connectivity index (χ0n) is 20.6. The number of nitro benzene ring substituents is 1. The number of carbonyl (C=O) groups excluding carboxylic acids is 1. The summed E-state index contributed by atoms with van der Waals surface area (Å²) < 4.78 is 1.92. The number of aryl methyl sites for hydroxylation is 1. The van der Waals surface area contributed by atoms with Gasteiger partial charge in [-0.15, -0.1) is 0 Å². The number of benzene rings is 3. The number of piperidine rings is 1. The summed E-state index contributed by atoms with van der Waals surface area (Å²) in [6, 6.07) is 22.6. The fourth-order valence-electron chi connectivity index (χ4n) is 4.82. The fourth-order valence-corrected chi connectivity index (χ4v) is 4.82. The third-order valence-corrected chi connectivity index (χ3v) is 7.06. The van der Waals surface area contributed by atoms with Gasteiger partial charge < -0.3 is 14.8 Å². The van der Waals surface area contributed by atoms with Gasteiger partial charge >= 0.3 is 0 Å². The average Bonchev–Trinajstić information content (AvgIpc) is 3.24. The summed E-state index contributed by atoms with van der Waals surface area (Å²) in [4.78, 5) is 26.7. The lowest BCUT2D eigenvalue weighted by Gasteiger charge is -2.32. The van der Waals surface area contributed by atoms with E-state index in [2.05, 4.69) is 29.3 Å². The Morgan fingerprint density at radius 1 is 1.00 bits per heavy atom. The Balaban J connectivity index is 1.42. The Morgan fingerprint density at radius 3 is 2.36 bits per heavy atom. The first-order valence-electron chi connectivity index (χ1n) is 12.4. The molecule has 0 unspecified atom stereocenters. The third kappa shape index (κ3) is 4.96. The Kier molecular flexibility index (Phi) is 6.46. The number of fused-ring (bicyclic) bond motifs is 1. The highest BCUT2D eigenvalue weighted by atomic mass is 16.6. The Bertz CT molecular complexity index is 1400. The lowest BCUT2D eigenvalue weighted by Crippen LogP contribution is -2.32. The van der Waals surface area contributed by atoms with Crippen LogP contribution < -0.4 is 10.2 Å². The van der Waals surface area contributed by atoms with Gasteiger partial charge in [-0.2, -0.15) is 0 Å². The van der Waals surface area contributed by atoms with Gasteiger partial charge in [-0.1, -0.05) is 36.8 Å². The Labute approximate surface area is 210 Å².